The second kappa shape index (κ2) is 8.10. The van der Waals surface area contributed by atoms with Gasteiger partial charge in [0, 0.05) is 18.2 Å². The number of unbranched alkanes of at least 4 members (excludes halogenated alkanes) is 2. The lowest BCUT2D eigenvalue weighted by Crippen LogP contribution is -2.30. The van der Waals surface area contributed by atoms with E-state index >= 15 is 0 Å². The van der Waals surface area contributed by atoms with E-state index in [4.69, 9.17) is 4.74 Å². The molecule has 122 valence electrons. The number of nitrogens with zero attached hydrogens (tertiary/aromatic N) is 1. The molecule has 1 aromatic carbocycles. The van der Waals surface area contributed by atoms with Crippen molar-refractivity contribution in [1.29, 1.82) is 0 Å². The van der Waals surface area contributed by atoms with Crippen LogP contribution in [0.25, 0.3) is 0 Å². The summed E-state index contributed by atoms with van der Waals surface area (Å²) >= 11 is 0. The molecule has 2 atom stereocenters. The fourth-order valence-corrected chi connectivity index (χ4v) is 2.98. The van der Waals surface area contributed by atoms with Crippen molar-refractivity contribution in [3.63, 3.8) is 0 Å². The minimum absolute atomic E-state index is 0.0354. The number of hydrazine groups is 1. The molecule has 0 saturated carbocycles. The Labute approximate surface area is 131 Å². The number of nitrogens with one attached hydrogen (secondary N) is 2. The maximum absolute atomic E-state index is 10.9. The molecule has 6 nitrogen and oxygen atoms in total. The van der Waals surface area contributed by atoms with E-state index in [1.165, 1.54) is 12.5 Å². The largest absolute Gasteiger partial charge is 0.487 e. The van der Waals surface area contributed by atoms with Crippen LogP contribution in [0.5, 0.6) is 5.75 Å². The van der Waals surface area contributed by atoms with Crippen LogP contribution in [-0.4, -0.2) is 23.6 Å². The Hall–Kier alpha value is -1.66. The summed E-state index contributed by atoms with van der Waals surface area (Å²) in [5.74, 6) is 1.02. The average Bonchev–Trinajstić information content (AvgIpc) is 2.82. The molecule has 0 aromatic heterocycles. The number of nitro groups is 1. The summed E-state index contributed by atoms with van der Waals surface area (Å²) in [6.45, 7) is 4.94. The molecule has 2 rings (SSSR count). The summed E-state index contributed by atoms with van der Waals surface area (Å²) in [6.07, 6.45) is 4.34. The molecule has 2 N–H and O–H groups in total. The number of hydrogen-bond acceptors (Lipinski definition) is 5. The first kappa shape index (κ1) is 16.7. The van der Waals surface area contributed by atoms with Crippen molar-refractivity contribution in [2.45, 2.75) is 51.6 Å². The number of ether oxygens (including phenoxy) is 1. The number of nitro benzene ring substituents is 1. The predicted octanol–water partition coefficient (Wildman–Crippen LogP) is 3.04. The van der Waals surface area contributed by atoms with Crippen LogP contribution in [0.3, 0.4) is 0 Å². The molecule has 22 heavy (non-hydrogen) atoms. The lowest BCUT2D eigenvalue weighted by atomic mass is 9.91. The Morgan fingerprint density at radius 3 is 2.50 bits per heavy atom. The van der Waals surface area contributed by atoms with E-state index in [-0.39, 0.29) is 5.69 Å². The lowest BCUT2D eigenvalue weighted by molar-refractivity contribution is -0.385. The van der Waals surface area contributed by atoms with Crippen molar-refractivity contribution in [1.82, 2.24) is 10.9 Å². The minimum atomic E-state index is -0.405. The van der Waals surface area contributed by atoms with Gasteiger partial charge in [0.15, 0.2) is 5.75 Å². The van der Waals surface area contributed by atoms with Crippen LogP contribution < -0.4 is 15.6 Å². The third-order valence-corrected chi connectivity index (χ3v) is 4.32. The normalized spacial score (nSPS) is 24.4. The number of rotatable bonds is 8. The Morgan fingerprint density at radius 1 is 1.14 bits per heavy atom. The van der Waals surface area contributed by atoms with Crippen molar-refractivity contribution in [2.75, 3.05) is 6.61 Å². The van der Waals surface area contributed by atoms with Crippen molar-refractivity contribution >= 4 is 5.69 Å². The summed E-state index contributed by atoms with van der Waals surface area (Å²) in [4.78, 5) is 10.5. The first-order valence-corrected chi connectivity index (χ1v) is 7.97. The van der Waals surface area contributed by atoms with E-state index in [2.05, 4.69) is 24.7 Å². The molecule has 1 heterocycles. The molecule has 1 aliphatic rings. The zero-order valence-electron chi connectivity index (χ0n) is 13.2. The molecule has 1 fully saturated rings. The van der Waals surface area contributed by atoms with Crippen LogP contribution in [0, 0.1) is 16.0 Å². The smallest absolute Gasteiger partial charge is 0.310 e. The molecular weight excluding hydrogens is 282 g/mol. The van der Waals surface area contributed by atoms with Gasteiger partial charge in [-0.25, -0.2) is 0 Å². The first-order valence-electron chi connectivity index (χ1n) is 7.97. The zero-order valence-corrected chi connectivity index (χ0v) is 13.2. The second-order valence-corrected chi connectivity index (χ2v) is 5.95. The van der Waals surface area contributed by atoms with Gasteiger partial charge in [-0.2, -0.15) is 0 Å². The fraction of sp³-hybridized carbons (Fsp3) is 0.625. The highest BCUT2D eigenvalue weighted by atomic mass is 16.6. The van der Waals surface area contributed by atoms with Gasteiger partial charge in [-0.1, -0.05) is 25.0 Å². The maximum Gasteiger partial charge on any atom is 0.310 e. The van der Waals surface area contributed by atoms with E-state index in [0.29, 0.717) is 30.4 Å². The van der Waals surface area contributed by atoms with Gasteiger partial charge in [0.05, 0.1) is 11.5 Å². The van der Waals surface area contributed by atoms with Gasteiger partial charge in [-0.3, -0.25) is 21.0 Å². The summed E-state index contributed by atoms with van der Waals surface area (Å²) in [6, 6.07) is 7.55. The van der Waals surface area contributed by atoms with E-state index in [1.54, 1.807) is 18.2 Å². The van der Waals surface area contributed by atoms with Crippen molar-refractivity contribution in [3.8, 4) is 5.75 Å². The molecule has 6 heteroatoms. The highest BCUT2D eigenvalue weighted by Gasteiger charge is 2.28. The fourth-order valence-electron chi connectivity index (χ4n) is 2.98. The van der Waals surface area contributed by atoms with E-state index in [0.717, 1.165) is 19.3 Å². The van der Waals surface area contributed by atoms with Crippen LogP contribution in [0.4, 0.5) is 5.69 Å². The van der Waals surface area contributed by atoms with Crippen molar-refractivity contribution in [2.24, 2.45) is 5.92 Å². The van der Waals surface area contributed by atoms with Gasteiger partial charge in [0.2, 0.25) is 0 Å². The zero-order chi connectivity index (χ0) is 15.9. The first-order chi connectivity index (χ1) is 10.6. The minimum Gasteiger partial charge on any atom is -0.487 e. The van der Waals surface area contributed by atoms with Crippen molar-refractivity contribution in [3.05, 3.63) is 34.4 Å². The lowest BCUT2D eigenvalue weighted by Gasteiger charge is -2.17. The maximum atomic E-state index is 10.9. The summed E-state index contributed by atoms with van der Waals surface area (Å²) in [5, 5.41) is 10.9. The van der Waals surface area contributed by atoms with E-state index in [1.807, 2.05) is 0 Å². The number of hydrogen-bond donors (Lipinski definition) is 2. The summed E-state index contributed by atoms with van der Waals surface area (Å²) < 4.78 is 5.55. The quantitative estimate of drug-likeness (QED) is 0.438. The van der Waals surface area contributed by atoms with Crippen LogP contribution in [0.15, 0.2) is 24.3 Å². The molecule has 0 amide bonds. The van der Waals surface area contributed by atoms with Crippen molar-refractivity contribution < 1.29 is 9.66 Å². The molecule has 1 aliphatic heterocycles. The molecule has 2 unspecified atom stereocenters. The van der Waals surface area contributed by atoms with Gasteiger partial charge in [-0.05, 0) is 38.7 Å². The Kier molecular flexibility index (Phi) is 6.15. The van der Waals surface area contributed by atoms with Crippen LogP contribution in [0.2, 0.25) is 0 Å². The number of para-hydroxylation sites is 2. The summed E-state index contributed by atoms with van der Waals surface area (Å²) in [5.41, 5.74) is 6.58. The van der Waals surface area contributed by atoms with Gasteiger partial charge >= 0.3 is 5.69 Å². The van der Waals surface area contributed by atoms with Gasteiger partial charge in [0.1, 0.15) is 0 Å². The third kappa shape index (κ3) is 4.42. The summed E-state index contributed by atoms with van der Waals surface area (Å²) in [7, 11) is 0. The third-order valence-electron chi connectivity index (χ3n) is 4.32. The van der Waals surface area contributed by atoms with Gasteiger partial charge < -0.3 is 4.74 Å². The molecule has 0 spiro atoms. The highest BCUT2D eigenvalue weighted by molar-refractivity contribution is 5.45. The molecule has 0 bridgehead atoms. The van der Waals surface area contributed by atoms with E-state index in [9.17, 15) is 10.1 Å². The van der Waals surface area contributed by atoms with Crippen LogP contribution in [-0.2, 0) is 0 Å². The molecular formula is C16H25N3O3. The topological polar surface area (TPSA) is 76.4 Å². The Balaban J connectivity index is 1.65. The van der Waals surface area contributed by atoms with Gasteiger partial charge in [0.25, 0.3) is 0 Å². The highest BCUT2D eigenvalue weighted by Crippen LogP contribution is 2.26. The Morgan fingerprint density at radius 2 is 1.82 bits per heavy atom. The average molecular weight is 307 g/mol. The van der Waals surface area contributed by atoms with Crippen LogP contribution >= 0.6 is 0 Å². The number of benzene rings is 1. The van der Waals surface area contributed by atoms with Crippen LogP contribution in [0.1, 0.15) is 39.5 Å². The molecule has 1 saturated heterocycles. The monoisotopic (exact) mass is 307 g/mol. The molecule has 0 radical (unpaired) electrons. The molecule has 1 aromatic rings. The van der Waals surface area contributed by atoms with Gasteiger partial charge in [-0.15, -0.1) is 0 Å². The standard InChI is InChI=1S/C16H25N3O3/c1-12-14(13(2)18-17-12)8-4-3-7-11-22-16-10-6-5-9-15(16)19(20)21/h5-6,9-10,12-14,17-18H,3-4,7-8,11H2,1-2H3. The predicted molar refractivity (Wildman–Crippen MR) is 85.7 cm³/mol. The molecule has 0 aliphatic carbocycles. The Bertz CT molecular complexity index is 485. The SMILES string of the molecule is CC1NNC(C)C1CCCCCOc1ccccc1[N+](=O)[O-]. The van der Waals surface area contributed by atoms with E-state index < -0.39 is 4.92 Å². The second-order valence-electron chi connectivity index (χ2n) is 5.95.